The zero-order chi connectivity index (χ0) is 26.5. The summed E-state index contributed by atoms with van der Waals surface area (Å²) in [4.78, 5) is 62.2. The van der Waals surface area contributed by atoms with E-state index in [2.05, 4.69) is 15.4 Å². The predicted octanol–water partition coefficient (Wildman–Crippen LogP) is -0.473. The molecule has 0 saturated carbocycles. The lowest BCUT2D eigenvalue weighted by atomic mass is 9.99. The molecule has 194 valence electrons. The Morgan fingerprint density at radius 1 is 1.06 bits per heavy atom. The van der Waals surface area contributed by atoms with Crippen LogP contribution < -0.4 is 32.7 Å². The Bertz CT molecular complexity index is 889. The summed E-state index contributed by atoms with van der Waals surface area (Å²) in [6.45, 7) is 3.82. The van der Waals surface area contributed by atoms with Gasteiger partial charge in [-0.05, 0) is 36.5 Å². The Kier molecular flexibility index (Phi) is 12.2. The summed E-state index contributed by atoms with van der Waals surface area (Å²) in [6, 6.07) is 3.72. The molecule has 0 spiro atoms. The average Bonchev–Trinajstić information content (AvgIpc) is 2.79. The van der Waals surface area contributed by atoms with Crippen LogP contribution in [-0.2, 0) is 30.3 Å². The molecule has 0 aliphatic heterocycles. The maximum Gasteiger partial charge on any atom is 0.312 e. The van der Waals surface area contributed by atoms with E-state index < -0.39 is 41.8 Å². The van der Waals surface area contributed by atoms with Gasteiger partial charge < -0.3 is 32.6 Å². The van der Waals surface area contributed by atoms with Crippen LogP contribution in [0.5, 0.6) is 0 Å². The van der Waals surface area contributed by atoms with Gasteiger partial charge in [-0.1, -0.05) is 26.0 Å². The summed E-state index contributed by atoms with van der Waals surface area (Å²) in [6.07, 6.45) is 0.517. The molecule has 1 aromatic carbocycles. The maximum atomic E-state index is 13.7. The van der Waals surface area contributed by atoms with Crippen LogP contribution in [0, 0.1) is 5.92 Å². The molecule has 35 heavy (non-hydrogen) atoms. The number of hydrogen-bond acceptors (Lipinski definition) is 7. The lowest BCUT2D eigenvalue weighted by molar-refractivity contribution is -0.139. The van der Waals surface area contributed by atoms with Gasteiger partial charge in [-0.15, -0.1) is 0 Å². The van der Waals surface area contributed by atoms with Gasteiger partial charge in [-0.3, -0.25) is 24.1 Å². The lowest BCUT2D eigenvalue weighted by Crippen LogP contribution is -2.57. The smallest absolute Gasteiger partial charge is 0.312 e. The van der Waals surface area contributed by atoms with Crippen molar-refractivity contribution < 1.29 is 28.7 Å². The first-order chi connectivity index (χ1) is 16.5. The minimum atomic E-state index is -1.07. The van der Waals surface area contributed by atoms with Gasteiger partial charge in [0.2, 0.25) is 11.8 Å². The van der Waals surface area contributed by atoms with E-state index in [1.807, 2.05) is 0 Å². The number of carbonyl (C=O) groups is 5. The van der Waals surface area contributed by atoms with Crippen molar-refractivity contribution in [3.63, 3.8) is 0 Å². The number of rotatable bonds is 14. The van der Waals surface area contributed by atoms with Crippen LogP contribution in [0.1, 0.15) is 38.7 Å². The van der Waals surface area contributed by atoms with E-state index >= 15 is 0 Å². The normalized spacial score (nSPS) is 12.4. The van der Waals surface area contributed by atoms with E-state index in [1.165, 1.54) is 12.0 Å². The van der Waals surface area contributed by atoms with Crippen molar-refractivity contribution in [2.75, 3.05) is 25.1 Å². The number of anilines is 1. The molecule has 12 nitrogen and oxygen atoms in total. The molecular formula is C23H36N6O6. The van der Waals surface area contributed by atoms with Crippen molar-refractivity contribution in [1.29, 1.82) is 0 Å². The maximum absolute atomic E-state index is 13.7. The largest absolute Gasteiger partial charge is 0.469 e. The Hall–Kier alpha value is -3.67. The summed E-state index contributed by atoms with van der Waals surface area (Å²) >= 11 is 0. The van der Waals surface area contributed by atoms with Gasteiger partial charge in [0.05, 0.1) is 13.5 Å². The zero-order valence-corrected chi connectivity index (χ0v) is 20.4. The molecule has 1 rings (SSSR count). The number of benzene rings is 1. The average molecular weight is 493 g/mol. The molecule has 8 N–H and O–H groups in total. The van der Waals surface area contributed by atoms with E-state index in [0.29, 0.717) is 17.7 Å². The van der Waals surface area contributed by atoms with Gasteiger partial charge in [0.25, 0.3) is 5.91 Å². The highest BCUT2D eigenvalue weighted by Gasteiger charge is 2.35. The van der Waals surface area contributed by atoms with E-state index in [1.54, 1.807) is 38.1 Å². The second kappa shape index (κ2) is 14.6. The molecule has 12 heteroatoms. The van der Waals surface area contributed by atoms with Crippen molar-refractivity contribution in [3.8, 4) is 0 Å². The van der Waals surface area contributed by atoms with Gasteiger partial charge in [0.1, 0.15) is 12.1 Å². The van der Waals surface area contributed by atoms with Gasteiger partial charge in [0.15, 0.2) is 0 Å². The summed E-state index contributed by atoms with van der Waals surface area (Å²) in [5, 5.41) is 5.12. The fourth-order valence-electron chi connectivity index (χ4n) is 3.42. The van der Waals surface area contributed by atoms with Crippen molar-refractivity contribution >= 4 is 35.4 Å². The highest BCUT2D eigenvalue weighted by atomic mass is 16.5. The second-order valence-electron chi connectivity index (χ2n) is 8.31. The first kappa shape index (κ1) is 29.4. The number of amides is 5. The van der Waals surface area contributed by atoms with Crippen LogP contribution in [0.25, 0.3) is 0 Å². The van der Waals surface area contributed by atoms with Gasteiger partial charge in [-0.25, -0.2) is 4.79 Å². The van der Waals surface area contributed by atoms with Crippen molar-refractivity contribution in [1.82, 2.24) is 10.6 Å². The number of hydrogen-bond donors (Lipinski definition) is 5. The molecule has 0 radical (unpaired) electrons. The molecule has 0 aliphatic carbocycles. The molecule has 0 aliphatic rings. The Labute approximate surface area is 204 Å². The number of carbonyl (C=O) groups excluding carboxylic acids is 5. The number of esters is 1. The highest BCUT2D eigenvalue weighted by molar-refractivity contribution is 6.04. The van der Waals surface area contributed by atoms with Crippen molar-refractivity contribution in [2.24, 2.45) is 23.1 Å². The number of urea groups is 1. The van der Waals surface area contributed by atoms with E-state index in [4.69, 9.17) is 17.2 Å². The van der Waals surface area contributed by atoms with Gasteiger partial charge in [0, 0.05) is 25.2 Å². The number of primary amides is 2. The third-order valence-electron chi connectivity index (χ3n) is 5.24. The van der Waals surface area contributed by atoms with E-state index in [0.717, 1.165) is 0 Å². The van der Waals surface area contributed by atoms with E-state index in [9.17, 15) is 24.0 Å². The first-order valence-corrected chi connectivity index (χ1v) is 11.3. The molecule has 0 fully saturated rings. The van der Waals surface area contributed by atoms with Crippen molar-refractivity contribution in [2.45, 2.75) is 51.6 Å². The topological polar surface area (TPSA) is 200 Å². The van der Waals surface area contributed by atoms with Crippen LogP contribution >= 0.6 is 0 Å². The molecule has 0 aromatic heterocycles. The number of nitrogens with one attached hydrogen (secondary N) is 2. The van der Waals surface area contributed by atoms with Gasteiger partial charge in [-0.2, -0.15) is 0 Å². The molecule has 0 saturated heterocycles. The Balaban J connectivity index is 3.36. The highest BCUT2D eigenvalue weighted by Crippen LogP contribution is 2.24. The molecular weight excluding hydrogens is 456 g/mol. The predicted molar refractivity (Wildman–Crippen MR) is 130 cm³/mol. The van der Waals surface area contributed by atoms with Crippen LogP contribution in [0.2, 0.25) is 0 Å². The number of nitrogens with two attached hydrogens (primary N) is 3. The molecule has 1 aromatic rings. The van der Waals surface area contributed by atoms with Crippen LogP contribution in [-0.4, -0.2) is 62.0 Å². The fourth-order valence-corrected chi connectivity index (χ4v) is 3.42. The standard InChI is InChI=1S/C23H36N6O6/c1-14(2)20(28-18(30)10-11-24)22(33)29(17(21(25)32)5-4-12-27-23(26)34)16-8-6-15(7-9-16)13-19(31)35-3/h6-9,14,17,20H,4-5,10-13,24H2,1-3H3,(H2,25,32)(H,28,30)(H3,26,27,34)/t17-,20+/m1/s1. The summed E-state index contributed by atoms with van der Waals surface area (Å²) in [5.74, 6) is -2.42. The zero-order valence-electron chi connectivity index (χ0n) is 20.4. The molecule has 0 bridgehead atoms. The second-order valence-corrected chi connectivity index (χ2v) is 8.31. The van der Waals surface area contributed by atoms with Crippen LogP contribution in [0.3, 0.4) is 0 Å². The molecule has 0 heterocycles. The number of ether oxygens (including phenoxy) is 1. The number of methoxy groups -OCH3 is 1. The Morgan fingerprint density at radius 3 is 2.17 bits per heavy atom. The van der Waals surface area contributed by atoms with Crippen LogP contribution in [0.15, 0.2) is 24.3 Å². The minimum Gasteiger partial charge on any atom is -0.469 e. The molecule has 2 atom stereocenters. The molecule has 0 unspecified atom stereocenters. The first-order valence-electron chi connectivity index (χ1n) is 11.3. The monoisotopic (exact) mass is 492 g/mol. The summed E-state index contributed by atoms with van der Waals surface area (Å²) < 4.78 is 4.67. The minimum absolute atomic E-state index is 0.0343. The summed E-state index contributed by atoms with van der Waals surface area (Å²) in [5.41, 5.74) is 17.2. The molecule has 5 amide bonds. The van der Waals surface area contributed by atoms with Crippen molar-refractivity contribution in [3.05, 3.63) is 29.8 Å². The SMILES string of the molecule is COC(=O)Cc1ccc(N(C(=O)[C@@H](NC(=O)CCN)C(C)C)[C@H](CCCNC(N)=O)C(N)=O)cc1. The number of nitrogens with zero attached hydrogens (tertiary/aromatic N) is 1. The quantitative estimate of drug-likeness (QED) is 0.170. The summed E-state index contributed by atoms with van der Waals surface area (Å²) in [7, 11) is 1.28. The van der Waals surface area contributed by atoms with Gasteiger partial charge >= 0.3 is 12.0 Å². The third kappa shape index (κ3) is 9.61. The third-order valence-corrected chi connectivity index (χ3v) is 5.24. The van der Waals surface area contributed by atoms with Crippen LogP contribution in [0.4, 0.5) is 10.5 Å². The fraction of sp³-hybridized carbons (Fsp3) is 0.522. The van der Waals surface area contributed by atoms with E-state index in [-0.39, 0.29) is 38.3 Å². The Morgan fingerprint density at radius 2 is 1.69 bits per heavy atom. The lowest BCUT2D eigenvalue weighted by Gasteiger charge is -2.34.